The fourth-order valence-corrected chi connectivity index (χ4v) is 7.39. The largest absolute Gasteiger partial charge is 0.421 e. The van der Waals surface area contributed by atoms with Crippen LogP contribution < -0.4 is 10.0 Å². The van der Waals surface area contributed by atoms with Crippen molar-refractivity contribution in [1.29, 1.82) is 0 Å². The van der Waals surface area contributed by atoms with Crippen LogP contribution in [0.25, 0.3) is 22.3 Å². The lowest BCUT2D eigenvalue weighted by Gasteiger charge is -2.15. The fourth-order valence-electron chi connectivity index (χ4n) is 4.68. The van der Waals surface area contributed by atoms with Gasteiger partial charge in [-0.05, 0) is 43.2 Å². The van der Waals surface area contributed by atoms with Crippen LogP contribution in [0.2, 0.25) is 0 Å². The van der Waals surface area contributed by atoms with Crippen molar-refractivity contribution in [3.63, 3.8) is 0 Å². The Bertz CT molecular complexity index is 2030. The van der Waals surface area contributed by atoms with Gasteiger partial charge in [0.15, 0.2) is 0 Å². The molecule has 0 amide bonds. The van der Waals surface area contributed by atoms with Crippen molar-refractivity contribution in [2.45, 2.75) is 23.6 Å². The Morgan fingerprint density at radius 2 is 1.11 bits per heavy atom. The Labute approximate surface area is 256 Å². The van der Waals surface area contributed by atoms with Crippen molar-refractivity contribution < 1.29 is 25.8 Å². The van der Waals surface area contributed by atoms with Gasteiger partial charge in [0, 0.05) is 26.7 Å². The Hall–Kier alpha value is -5.07. The molecule has 10 nitrogen and oxygen atoms in total. The van der Waals surface area contributed by atoms with Gasteiger partial charge in [-0.3, -0.25) is 0 Å². The van der Waals surface area contributed by atoms with E-state index in [4.69, 9.17) is 4.84 Å². The van der Waals surface area contributed by atoms with E-state index in [1.807, 2.05) is 12.1 Å². The number of benzene rings is 4. The highest BCUT2D eigenvalue weighted by atomic mass is 32.2. The lowest BCUT2D eigenvalue weighted by molar-refractivity contribution is -0.667. The van der Waals surface area contributed by atoms with Crippen LogP contribution in [0.15, 0.2) is 125 Å². The monoisotopic (exact) mass is 628 g/mol. The molecule has 0 saturated heterocycles. The van der Waals surface area contributed by atoms with Gasteiger partial charge in [0.05, 0.1) is 0 Å². The minimum atomic E-state index is -4.56. The Morgan fingerprint density at radius 1 is 0.659 bits per heavy atom. The summed E-state index contributed by atoms with van der Waals surface area (Å²) in [4.78, 5) is 13.9. The highest BCUT2D eigenvalue weighted by Gasteiger charge is 2.36. The van der Waals surface area contributed by atoms with Crippen molar-refractivity contribution in [2.75, 3.05) is 12.4 Å². The summed E-state index contributed by atoms with van der Waals surface area (Å²) in [6.07, 6.45) is 0. The van der Waals surface area contributed by atoms with Gasteiger partial charge in [0.1, 0.15) is 16.9 Å². The standard InChI is InChI=1S/C32H29N5O5S2/c1-23-22-24(2)34-31(33-23)35-32(36-43(38,39)29-20-12-10-18-27(29)25-14-6-4-7-15-25)37(42-3)44(40,41)30-21-13-11-19-28(30)26-16-8-5-9-17-26/h4-22H,1-3H3,(H,33,34,35,36)/p+1. The molecule has 0 atom stereocenters. The number of sulfonamides is 2. The van der Waals surface area contributed by atoms with Crippen molar-refractivity contribution >= 4 is 32.0 Å². The smallest absolute Gasteiger partial charge is 0.350 e. The molecular weight excluding hydrogens is 599 g/mol. The maximum Gasteiger partial charge on any atom is 0.421 e. The van der Waals surface area contributed by atoms with Crippen molar-refractivity contribution in [3.05, 3.63) is 127 Å². The number of nitrogens with zero attached hydrogens (tertiary/aromatic N) is 3. The number of aromatic nitrogens is 2. The molecule has 5 rings (SSSR count). The first kappa shape index (κ1) is 30.4. The number of rotatable bonds is 8. The van der Waals surface area contributed by atoms with E-state index in [0.29, 0.717) is 37.8 Å². The molecule has 12 heteroatoms. The van der Waals surface area contributed by atoms with Crippen molar-refractivity contribution in [1.82, 2.24) is 14.7 Å². The summed E-state index contributed by atoms with van der Waals surface area (Å²) >= 11 is 0. The van der Waals surface area contributed by atoms with Gasteiger partial charge in [-0.1, -0.05) is 97.1 Å². The van der Waals surface area contributed by atoms with Gasteiger partial charge in [0.2, 0.25) is 0 Å². The quantitative estimate of drug-likeness (QED) is 0.105. The third kappa shape index (κ3) is 6.46. The minimum Gasteiger partial charge on any atom is -0.350 e. The molecule has 0 unspecified atom stereocenters. The van der Waals surface area contributed by atoms with Gasteiger partial charge in [0.25, 0.3) is 5.95 Å². The van der Waals surface area contributed by atoms with E-state index >= 15 is 0 Å². The first-order valence-corrected chi connectivity index (χ1v) is 16.4. The van der Waals surface area contributed by atoms with E-state index < -0.39 is 26.0 Å². The minimum absolute atomic E-state index is 0.0369. The predicted octanol–water partition coefficient (Wildman–Crippen LogP) is 5.14. The number of hydrogen-bond donors (Lipinski definition) is 2. The first-order valence-electron chi connectivity index (χ1n) is 13.5. The summed E-state index contributed by atoms with van der Waals surface area (Å²) in [5, 5.41) is 2.76. The van der Waals surface area contributed by atoms with Gasteiger partial charge >= 0.3 is 26.0 Å². The van der Waals surface area contributed by atoms with E-state index in [9.17, 15) is 16.8 Å². The van der Waals surface area contributed by atoms with Crippen LogP contribution in [-0.4, -0.2) is 44.0 Å². The molecule has 0 saturated carbocycles. The normalized spacial score (nSPS) is 12.2. The van der Waals surface area contributed by atoms with Gasteiger partial charge < -0.3 is 4.84 Å². The van der Waals surface area contributed by atoms with Crippen LogP contribution in [0, 0.1) is 13.8 Å². The third-order valence-electron chi connectivity index (χ3n) is 6.52. The average molecular weight is 629 g/mol. The summed E-state index contributed by atoms with van der Waals surface area (Å²) in [5.74, 6) is -0.589. The summed E-state index contributed by atoms with van der Waals surface area (Å²) in [7, 11) is -7.86. The number of anilines is 1. The van der Waals surface area contributed by atoms with Crippen LogP contribution in [0.3, 0.4) is 0 Å². The van der Waals surface area contributed by atoms with E-state index in [-0.39, 0.29) is 15.7 Å². The zero-order chi connectivity index (χ0) is 31.3. The Balaban J connectivity index is 1.70. The molecular formula is C32H30N5O5S2+. The molecule has 0 fully saturated rings. The van der Waals surface area contributed by atoms with Crippen molar-refractivity contribution in [2.24, 2.45) is 0 Å². The summed E-state index contributed by atoms with van der Waals surface area (Å²) in [5.41, 5.74) is 3.29. The topological polar surface area (TPSA) is 130 Å². The van der Waals surface area contributed by atoms with Crippen LogP contribution in [0.5, 0.6) is 0 Å². The molecule has 0 aliphatic heterocycles. The molecule has 5 aromatic rings. The molecule has 0 spiro atoms. The molecule has 2 N–H and O–H groups in total. The van der Waals surface area contributed by atoms with Crippen LogP contribution in [-0.2, 0) is 24.9 Å². The Morgan fingerprint density at radius 3 is 1.64 bits per heavy atom. The second kappa shape index (κ2) is 12.7. The maximum atomic E-state index is 14.3. The lowest BCUT2D eigenvalue weighted by Crippen LogP contribution is -2.45. The number of aryl methyl sites for hydroxylation is 2. The SMILES string of the molecule is CO[N+](=C(Nc1nc(C)cc(C)n1)NS(=O)(=O)c1ccccc1-c1ccccc1)S(=O)(=O)c1ccccc1-c1ccccc1. The van der Waals surface area contributed by atoms with E-state index in [1.54, 1.807) is 105 Å². The highest BCUT2D eigenvalue weighted by Crippen LogP contribution is 2.29. The molecule has 1 aromatic heterocycles. The highest BCUT2D eigenvalue weighted by molar-refractivity contribution is 7.90. The number of nitrogens with one attached hydrogen (secondary N) is 2. The van der Waals surface area contributed by atoms with Gasteiger partial charge in [-0.2, -0.15) is 21.6 Å². The zero-order valence-corrected chi connectivity index (χ0v) is 25.8. The van der Waals surface area contributed by atoms with Gasteiger partial charge in [-0.25, -0.2) is 15.3 Å². The molecule has 0 bridgehead atoms. The number of hydrogen-bond acceptors (Lipinski definition) is 7. The Kier molecular flexibility index (Phi) is 8.74. The second-order valence-electron chi connectivity index (χ2n) is 9.69. The van der Waals surface area contributed by atoms with Crippen LogP contribution in [0.1, 0.15) is 11.4 Å². The lowest BCUT2D eigenvalue weighted by atomic mass is 10.1. The molecule has 224 valence electrons. The fraction of sp³-hybridized carbons (Fsp3) is 0.0938. The molecule has 44 heavy (non-hydrogen) atoms. The van der Waals surface area contributed by atoms with E-state index in [2.05, 4.69) is 20.0 Å². The third-order valence-corrected chi connectivity index (χ3v) is 9.60. The van der Waals surface area contributed by atoms with E-state index in [0.717, 1.165) is 7.11 Å². The van der Waals surface area contributed by atoms with Crippen LogP contribution >= 0.6 is 0 Å². The second-order valence-corrected chi connectivity index (χ2v) is 13.1. The first-order chi connectivity index (χ1) is 21.1. The molecule has 0 radical (unpaired) electrons. The predicted molar refractivity (Wildman–Crippen MR) is 169 cm³/mol. The summed E-state index contributed by atoms with van der Waals surface area (Å²) in [6, 6.07) is 32.5. The van der Waals surface area contributed by atoms with Gasteiger partial charge in [-0.15, -0.1) is 0 Å². The molecule has 0 aliphatic carbocycles. The average Bonchev–Trinajstić information content (AvgIpc) is 3.01. The summed E-state index contributed by atoms with van der Waals surface area (Å²) < 4.78 is 59.6. The van der Waals surface area contributed by atoms with Crippen molar-refractivity contribution in [3.8, 4) is 22.3 Å². The number of guanidine groups is 1. The van der Waals surface area contributed by atoms with E-state index in [1.165, 1.54) is 12.1 Å². The molecule has 4 aromatic carbocycles. The zero-order valence-electron chi connectivity index (χ0n) is 24.2. The molecule has 1 heterocycles. The maximum absolute atomic E-state index is 14.3. The van der Waals surface area contributed by atoms with Crippen LogP contribution in [0.4, 0.5) is 5.95 Å². The summed E-state index contributed by atoms with van der Waals surface area (Å²) in [6.45, 7) is 3.47. The molecule has 0 aliphatic rings.